The molecule has 0 saturated heterocycles. The normalized spacial score (nSPS) is 18.7. The van der Waals surface area contributed by atoms with Crippen LogP contribution in [0.15, 0.2) is 48.5 Å². The van der Waals surface area contributed by atoms with E-state index < -0.39 is 11.0 Å². The Bertz CT molecular complexity index is 851. The first-order valence-electron chi connectivity index (χ1n) is 9.39. The second-order valence-electron chi connectivity index (χ2n) is 7.93. The zero-order valence-corrected chi connectivity index (χ0v) is 16.4. The van der Waals surface area contributed by atoms with Gasteiger partial charge in [0.25, 0.3) is 0 Å². The van der Waals surface area contributed by atoms with E-state index in [1.807, 2.05) is 45.9 Å². The van der Waals surface area contributed by atoms with Crippen LogP contribution in [0.4, 0.5) is 0 Å². The summed E-state index contributed by atoms with van der Waals surface area (Å²) in [6.45, 7) is 7.60. The topological polar surface area (TPSA) is 52.6 Å². The van der Waals surface area contributed by atoms with Crippen LogP contribution in [0.2, 0.25) is 0 Å². The SMILES string of the molecule is CCC(C)(C)C(=O)Oc1ccc(C(=O)OC2(C)CCc3ccccc32)cc1. The minimum Gasteiger partial charge on any atom is -0.451 e. The van der Waals surface area contributed by atoms with Crippen molar-refractivity contribution < 1.29 is 19.1 Å². The van der Waals surface area contributed by atoms with E-state index in [1.54, 1.807) is 24.3 Å². The molecule has 1 unspecified atom stereocenters. The Morgan fingerprint density at radius 3 is 2.41 bits per heavy atom. The lowest BCUT2D eigenvalue weighted by atomic mass is 9.91. The lowest BCUT2D eigenvalue weighted by Gasteiger charge is -2.26. The Morgan fingerprint density at radius 2 is 1.74 bits per heavy atom. The third-order valence-corrected chi connectivity index (χ3v) is 5.51. The molecule has 0 aliphatic heterocycles. The van der Waals surface area contributed by atoms with Crippen molar-refractivity contribution in [2.45, 2.75) is 52.6 Å². The molecule has 4 heteroatoms. The third kappa shape index (κ3) is 3.90. The molecule has 0 saturated carbocycles. The minimum atomic E-state index is -0.607. The fourth-order valence-electron chi connectivity index (χ4n) is 3.18. The molecule has 0 bridgehead atoms. The lowest BCUT2D eigenvalue weighted by Crippen LogP contribution is -2.28. The summed E-state index contributed by atoms with van der Waals surface area (Å²) in [4.78, 5) is 24.8. The lowest BCUT2D eigenvalue weighted by molar-refractivity contribution is -0.144. The second-order valence-corrected chi connectivity index (χ2v) is 7.93. The molecule has 4 nitrogen and oxygen atoms in total. The highest BCUT2D eigenvalue weighted by Crippen LogP contribution is 2.40. The summed E-state index contributed by atoms with van der Waals surface area (Å²) in [5, 5.41) is 0. The highest BCUT2D eigenvalue weighted by molar-refractivity contribution is 5.90. The highest BCUT2D eigenvalue weighted by Gasteiger charge is 2.37. The van der Waals surface area contributed by atoms with Crippen LogP contribution in [0.3, 0.4) is 0 Å². The van der Waals surface area contributed by atoms with E-state index in [2.05, 4.69) is 6.07 Å². The Labute approximate surface area is 160 Å². The summed E-state index contributed by atoms with van der Waals surface area (Å²) >= 11 is 0. The first-order valence-corrected chi connectivity index (χ1v) is 9.39. The Kier molecular flexibility index (Phi) is 5.09. The molecule has 0 aromatic heterocycles. The molecule has 0 fully saturated rings. The van der Waals surface area contributed by atoms with Gasteiger partial charge in [-0.2, -0.15) is 0 Å². The van der Waals surface area contributed by atoms with Crippen molar-refractivity contribution in [3.05, 3.63) is 65.2 Å². The number of hydrogen-bond acceptors (Lipinski definition) is 4. The van der Waals surface area contributed by atoms with Gasteiger partial charge in [0.15, 0.2) is 0 Å². The number of aryl methyl sites for hydroxylation is 1. The van der Waals surface area contributed by atoms with Crippen LogP contribution in [0.25, 0.3) is 0 Å². The maximum Gasteiger partial charge on any atom is 0.339 e. The van der Waals surface area contributed by atoms with Crippen LogP contribution in [-0.4, -0.2) is 11.9 Å². The van der Waals surface area contributed by atoms with Crippen molar-refractivity contribution in [1.29, 1.82) is 0 Å². The number of rotatable bonds is 5. The van der Waals surface area contributed by atoms with Gasteiger partial charge in [0.2, 0.25) is 0 Å². The average Bonchev–Trinajstić information content (AvgIpc) is 2.99. The molecule has 0 radical (unpaired) electrons. The molecule has 0 spiro atoms. The molecule has 1 aliphatic carbocycles. The molecule has 0 N–H and O–H groups in total. The molecular formula is C23H26O4. The van der Waals surface area contributed by atoms with Gasteiger partial charge in [0.1, 0.15) is 11.4 Å². The molecule has 2 aromatic rings. The van der Waals surface area contributed by atoms with Crippen LogP contribution in [0.5, 0.6) is 5.75 Å². The van der Waals surface area contributed by atoms with Gasteiger partial charge in [-0.3, -0.25) is 4.79 Å². The summed E-state index contributed by atoms with van der Waals surface area (Å²) < 4.78 is 11.3. The van der Waals surface area contributed by atoms with Crippen molar-refractivity contribution in [2.75, 3.05) is 0 Å². The van der Waals surface area contributed by atoms with Gasteiger partial charge in [0, 0.05) is 0 Å². The Hall–Kier alpha value is -2.62. The van der Waals surface area contributed by atoms with Gasteiger partial charge in [-0.05, 0) is 75.4 Å². The molecule has 2 aromatic carbocycles. The van der Waals surface area contributed by atoms with Gasteiger partial charge >= 0.3 is 11.9 Å². The van der Waals surface area contributed by atoms with Crippen molar-refractivity contribution in [3.63, 3.8) is 0 Å². The number of carbonyl (C=O) groups excluding carboxylic acids is 2. The van der Waals surface area contributed by atoms with E-state index in [9.17, 15) is 9.59 Å². The number of fused-ring (bicyclic) bond motifs is 1. The van der Waals surface area contributed by atoms with Crippen LogP contribution in [0.1, 0.15) is 62.0 Å². The van der Waals surface area contributed by atoms with Crippen LogP contribution >= 0.6 is 0 Å². The maximum absolute atomic E-state index is 12.6. The van der Waals surface area contributed by atoms with Crippen LogP contribution < -0.4 is 4.74 Å². The van der Waals surface area contributed by atoms with Crippen molar-refractivity contribution in [3.8, 4) is 5.75 Å². The van der Waals surface area contributed by atoms with E-state index in [4.69, 9.17) is 9.47 Å². The molecule has 142 valence electrons. The molecule has 3 rings (SSSR count). The molecule has 1 atom stereocenters. The summed E-state index contributed by atoms with van der Waals surface area (Å²) in [7, 11) is 0. The summed E-state index contributed by atoms with van der Waals surface area (Å²) in [5.74, 6) is -0.230. The summed E-state index contributed by atoms with van der Waals surface area (Å²) in [6.07, 6.45) is 2.37. The average molecular weight is 366 g/mol. The monoisotopic (exact) mass is 366 g/mol. The zero-order valence-electron chi connectivity index (χ0n) is 16.4. The smallest absolute Gasteiger partial charge is 0.339 e. The Morgan fingerprint density at radius 1 is 1.07 bits per heavy atom. The number of carbonyl (C=O) groups is 2. The minimum absolute atomic E-state index is 0.282. The van der Waals surface area contributed by atoms with Gasteiger partial charge in [-0.15, -0.1) is 0 Å². The van der Waals surface area contributed by atoms with Crippen molar-refractivity contribution in [1.82, 2.24) is 0 Å². The second kappa shape index (κ2) is 7.18. The third-order valence-electron chi connectivity index (χ3n) is 5.51. The van der Waals surface area contributed by atoms with Gasteiger partial charge in [-0.1, -0.05) is 31.2 Å². The van der Waals surface area contributed by atoms with Gasteiger partial charge < -0.3 is 9.47 Å². The van der Waals surface area contributed by atoms with Gasteiger partial charge in [0.05, 0.1) is 11.0 Å². The summed E-state index contributed by atoms with van der Waals surface area (Å²) in [6, 6.07) is 14.6. The number of esters is 2. The van der Waals surface area contributed by atoms with Crippen LogP contribution in [0, 0.1) is 5.41 Å². The molecule has 27 heavy (non-hydrogen) atoms. The van der Waals surface area contributed by atoms with E-state index in [0.29, 0.717) is 17.7 Å². The van der Waals surface area contributed by atoms with Crippen molar-refractivity contribution >= 4 is 11.9 Å². The number of benzene rings is 2. The molecule has 1 aliphatic rings. The predicted molar refractivity (Wildman–Crippen MR) is 104 cm³/mol. The summed E-state index contributed by atoms with van der Waals surface area (Å²) in [5.41, 5.74) is 1.60. The van der Waals surface area contributed by atoms with Crippen LogP contribution in [-0.2, 0) is 21.6 Å². The first-order chi connectivity index (χ1) is 12.7. The molecule has 0 amide bonds. The zero-order chi connectivity index (χ0) is 19.7. The molecule has 0 heterocycles. The predicted octanol–water partition coefficient (Wildman–Crippen LogP) is 5.05. The van der Waals surface area contributed by atoms with Gasteiger partial charge in [-0.25, -0.2) is 4.79 Å². The number of hydrogen-bond donors (Lipinski definition) is 0. The standard InChI is InChI=1S/C23H26O4/c1-5-22(2,3)21(25)26-18-12-10-17(11-13-18)20(24)27-23(4)15-14-16-8-6-7-9-19(16)23/h6-13H,5,14-15H2,1-4H3. The van der Waals surface area contributed by atoms with E-state index in [1.165, 1.54) is 5.56 Å². The van der Waals surface area contributed by atoms with E-state index in [-0.39, 0.29) is 11.9 Å². The highest BCUT2D eigenvalue weighted by atomic mass is 16.6. The Balaban J connectivity index is 1.69. The molecular weight excluding hydrogens is 340 g/mol. The fraction of sp³-hybridized carbons (Fsp3) is 0.391. The first kappa shape index (κ1) is 19.2. The van der Waals surface area contributed by atoms with E-state index in [0.717, 1.165) is 18.4 Å². The van der Waals surface area contributed by atoms with Crippen molar-refractivity contribution in [2.24, 2.45) is 5.41 Å². The fourth-order valence-corrected chi connectivity index (χ4v) is 3.18. The largest absolute Gasteiger partial charge is 0.451 e. The number of ether oxygens (including phenoxy) is 2. The maximum atomic E-state index is 12.6. The quantitative estimate of drug-likeness (QED) is 0.549. The van der Waals surface area contributed by atoms with E-state index >= 15 is 0 Å².